The highest BCUT2D eigenvalue weighted by molar-refractivity contribution is 5.48. The summed E-state index contributed by atoms with van der Waals surface area (Å²) in [4.78, 5) is 3.53. The van der Waals surface area contributed by atoms with Gasteiger partial charge in [0.1, 0.15) is 11.6 Å². The highest BCUT2D eigenvalue weighted by Gasteiger charge is 2.19. The lowest BCUT2D eigenvalue weighted by molar-refractivity contribution is 0.149. The molecule has 1 rings (SSSR count). The van der Waals surface area contributed by atoms with Gasteiger partial charge in [0.15, 0.2) is 5.75 Å². The van der Waals surface area contributed by atoms with E-state index in [2.05, 4.69) is 4.98 Å². The van der Waals surface area contributed by atoms with E-state index in [0.29, 0.717) is 0 Å². The summed E-state index contributed by atoms with van der Waals surface area (Å²) in [7, 11) is 0. The van der Waals surface area contributed by atoms with Crippen LogP contribution >= 0.6 is 0 Å². The van der Waals surface area contributed by atoms with Crippen molar-refractivity contribution in [1.29, 1.82) is 5.26 Å². The third-order valence-electron chi connectivity index (χ3n) is 1.63. The van der Waals surface area contributed by atoms with Crippen molar-refractivity contribution in [3.05, 3.63) is 23.0 Å². The highest BCUT2D eigenvalue weighted by Crippen LogP contribution is 2.29. The molecule has 68 valence electrons. The van der Waals surface area contributed by atoms with Gasteiger partial charge in [-0.2, -0.15) is 5.26 Å². The normalized spacial score (nSPS) is 10.1. The fourth-order valence-electron chi connectivity index (χ4n) is 0.995. The van der Waals surface area contributed by atoms with Gasteiger partial charge in [0.25, 0.3) is 6.43 Å². The maximum atomic E-state index is 12.4. The summed E-state index contributed by atoms with van der Waals surface area (Å²) in [6.07, 6.45) is -1.81. The number of hydrogen-bond acceptors (Lipinski definition) is 3. The maximum Gasteiger partial charge on any atom is 0.267 e. The number of halogens is 2. The van der Waals surface area contributed by atoms with Gasteiger partial charge >= 0.3 is 0 Å². The molecule has 0 atom stereocenters. The molecule has 0 saturated heterocycles. The monoisotopic (exact) mass is 184 g/mol. The number of alkyl halides is 2. The van der Waals surface area contributed by atoms with Gasteiger partial charge in [-0.15, -0.1) is 0 Å². The minimum Gasteiger partial charge on any atom is -0.505 e. The van der Waals surface area contributed by atoms with Crippen LogP contribution in [-0.4, -0.2) is 10.1 Å². The van der Waals surface area contributed by atoms with Gasteiger partial charge in [0.05, 0.1) is 11.8 Å². The van der Waals surface area contributed by atoms with Crippen molar-refractivity contribution in [2.24, 2.45) is 0 Å². The Hall–Kier alpha value is -1.70. The van der Waals surface area contributed by atoms with Gasteiger partial charge in [0, 0.05) is 5.69 Å². The van der Waals surface area contributed by atoms with Crippen LogP contribution in [0.5, 0.6) is 5.75 Å². The lowest BCUT2D eigenvalue weighted by Crippen LogP contribution is -1.97. The zero-order valence-electron chi connectivity index (χ0n) is 6.75. The Kier molecular flexibility index (Phi) is 2.42. The summed E-state index contributed by atoms with van der Waals surface area (Å²) in [6, 6.07) is 1.52. The summed E-state index contributed by atoms with van der Waals surface area (Å²) < 4.78 is 24.7. The van der Waals surface area contributed by atoms with Gasteiger partial charge in [-0.25, -0.2) is 8.78 Å². The van der Waals surface area contributed by atoms with E-state index in [9.17, 15) is 8.78 Å². The van der Waals surface area contributed by atoms with Crippen LogP contribution in [0.15, 0.2) is 6.20 Å². The van der Waals surface area contributed by atoms with E-state index in [0.717, 1.165) is 6.20 Å². The molecule has 0 unspecified atom stereocenters. The summed E-state index contributed by atoms with van der Waals surface area (Å²) in [5.41, 5.74) is -0.839. The number of rotatable bonds is 1. The molecule has 0 aliphatic heterocycles. The number of pyridine rings is 1. The minimum absolute atomic E-state index is 0.0596. The first-order chi connectivity index (χ1) is 6.07. The average Bonchev–Trinajstić information content (AvgIpc) is 2.07. The topological polar surface area (TPSA) is 56.9 Å². The van der Waals surface area contributed by atoms with Gasteiger partial charge < -0.3 is 5.11 Å². The predicted molar refractivity (Wildman–Crippen MR) is 40.3 cm³/mol. The van der Waals surface area contributed by atoms with Crippen molar-refractivity contribution in [3.63, 3.8) is 0 Å². The predicted octanol–water partition coefficient (Wildman–Crippen LogP) is 1.90. The van der Waals surface area contributed by atoms with E-state index in [1.165, 1.54) is 13.0 Å². The molecule has 0 radical (unpaired) electrons. The first-order valence-electron chi connectivity index (χ1n) is 3.44. The first kappa shape index (κ1) is 9.39. The second kappa shape index (κ2) is 3.35. The van der Waals surface area contributed by atoms with Crippen molar-refractivity contribution in [3.8, 4) is 11.8 Å². The van der Waals surface area contributed by atoms with Gasteiger partial charge in [-0.3, -0.25) is 4.98 Å². The number of hydrogen-bond donors (Lipinski definition) is 1. The van der Waals surface area contributed by atoms with E-state index in [1.54, 1.807) is 0 Å². The fraction of sp³-hybridized carbons (Fsp3) is 0.250. The molecule has 3 nitrogen and oxygen atoms in total. The molecule has 0 aromatic carbocycles. The second-order valence-corrected chi connectivity index (χ2v) is 2.43. The summed E-state index contributed by atoms with van der Waals surface area (Å²) in [5.74, 6) is -0.511. The molecule has 13 heavy (non-hydrogen) atoms. The third-order valence-corrected chi connectivity index (χ3v) is 1.63. The van der Waals surface area contributed by atoms with Crippen LogP contribution in [0.1, 0.15) is 23.2 Å². The van der Waals surface area contributed by atoms with E-state index < -0.39 is 23.3 Å². The zero-order valence-corrected chi connectivity index (χ0v) is 6.75. The molecular weight excluding hydrogens is 178 g/mol. The van der Waals surface area contributed by atoms with Crippen molar-refractivity contribution < 1.29 is 13.9 Å². The third kappa shape index (κ3) is 1.56. The van der Waals surface area contributed by atoms with Gasteiger partial charge in [-0.05, 0) is 6.92 Å². The number of nitrogens with zero attached hydrogens (tertiary/aromatic N) is 2. The molecule has 0 aliphatic carbocycles. The molecule has 0 aliphatic rings. The smallest absolute Gasteiger partial charge is 0.267 e. The second-order valence-electron chi connectivity index (χ2n) is 2.43. The molecular formula is C8H6F2N2O. The average molecular weight is 184 g/mol. The van der Waals surface area contributed by atoms with E-state index in [-0.39, 0.29) is 5.69 Å². The van der Waals surface area contributed by atoms with Crippen LogP contribution in [-0.2, 0) is 0 Å². The molecule has 0 bridgehead atoms. The van der Waals surface area contributed by atoms with Crippen LogP contribution in [0.2, 0.25) is 0 Å². The molecule has 0 amide bonds. The first-order valence-corrected chi connectivity index (χ1v) is 3.44. The maximum absolute atomic E-state index is 12.4. The molecule has 0 saturated carbocycles. The Labute approximate surface area is 73.3 Å². The van der Waals surface area contributed by atoms with Crippen LogP contribution in [0.4, 0.5) is 8.78 Å². The highest BCUT2D eigenvalue weighted by atomic mass is 19.3. The SMILES string of the molecule is Cc1ncc(O)c(C#N)c1C(F)F. The number of aromatic nitrogens is 1. The Morgan fingerprint density at radius 2 is 2.23 bits per heavy atom. The largest absolute Gasteiger partial charge is 0.505 e. The van der Waals surface area contributed by atoms with Crippen molar-refractivity contribution in [2.45, 2.75) is 13.3 Å². The Morgan fingerprint density at radius 1 is 1.62 bits per heavy atom. The Balaban J connectivity index is 3.46. The molecule has 1 N–H and O–H groups in total. The van der Waals surface area contributed by atoms with Crippen molar-refractivity contribution >= 4 is 0 Å². The van der Waals surface area contributed by atoms with Crippen molar-refractivity contribution in [1.82, 2.24) is 4.98 Å². The summed E-state index contributed by atoms with van der Waals surface area (Å²) in [6.45, 7) is 1.36. The Bertz CT molecular complexity index is 371. The summed E-state index contributed by atoms with van der Waals surface area (Å²) in [5, 5.41) is 17.5. The Morgan fingerprint density at radius 3 is 2.62 bits per heavy atom. The quantitative estimate of drug-likeness (QED) is 0.725. The lowest BCUT2D eigenvalue weighted by Gasteiger charge is -2.06. The molecule has 1 aromatic heterocycles. The molecule has 1 heterocycles. The van der Waals surface area contributed by atoms with Gasteiger partial charge in [0.2, 0.25) is 0 Å². The van der Waals surface area contributed by atoms with Crippen LogP contribution in [0, 0.1) is 18.3 Å². The molecule has 1 aromatic rings. The van der Waals surface area contributed by atoms with E-state index in [1.807, 2.05) is 0 Å². The minimum atomic E-state index is -2.80. The lowest BCUT2D eigenvalue weighted by atomic mass is 10.1. The van der Waals surface area contributed by atoms with Gasteiger partial charge in [-0.1, -0.05) is 0 Å². The van der Waals surface area contributed by atoms with Crippen molar-refractivity contribution in [2.75, 3.05) is 0 Å². The standard InChI is InChI=1S/C8H6F2N2O/c1-4-7(8(9)10)5(2-11)6(13)3-12-4/h3,8,13H,1H3. The summed E-state index contributed by atoms with van der Waals surface area (Å²) >= 11 is 0. The van der Waals surface area contributed by atoms with Crippen LogP contribution in [0.3, 0.4) is 0 Å². The van der Waals surface area contributed by atoms with Crippen LogP contribution < -0.4 is 0 Å². The molecule has 0 spiro atoms. The zero-order chi connectivity index (χ0) is 10.0. The molecule has 5 heteroatoms. The number of aromatic hydroxyl groups is 1. The number of aryl methyl sites for hydroxylation is 1. The number of nitriles is 1. The van der Waals surface area contributed by atoms with Crippen LogP contribution in [0.25, 0.3) is 0 Å². The van der Waals surface area contributed by atoms with E-state index in [4.69, 9.17) is 10.4 Å². The fourth-order valence-corrected chi connectivity index (χ4v) is 0.995. The van der Waals surface area contributed by atoms with E-state index >= 15 is 0 Å². The molecule has 0 fully saturated rings.